The number of phenols is 1. The Hall–Kier alpha value is -1.73. The molecule has 0 aromatic heterocycles. The van der Waals surface area contributed by atoms with Gasteiger partial charge < -0.3 is 15.6 Å². The van der Waals surface area contributed by atoms with Gasteiger partial charge in [0.2, 0.25) is 0 Å². The third-order valence-electron chi connectivity index (χ3n) is 3.63. The van der Waals surface area contributed by atoms with Crippen LogP contribution in [0, 0.1) is 11.3 Å². The fraction of sp³-hybridized carbons (Fsp3) is 0.462. The summed E-state index contributed by atoms with van der Waals surface area (Å²) in [7, 11) is 1.48. The molecule has 0 heterocycles. The minimum absolute atomic E-state index is 0.0339. The van der Waals surface area contributed by atoms with E-state index in [9.17, 15) is 5.11 Å². The van der Waals surface area contributed by atoms with Crippen LogP contribution in [0.15, 0.2) is 12.1 Å². The lowest BCUT2D eigenvalue weighted by atomic mass is 9.87. The molecular formula is C13H16N2O2. The summed E-state index contributed by atoms with van der Waals surface area (Å²) in [4.78, 5) is 0. The molecule has 90 valence electrons. The summed E-state index contributed by atoms with van der Waals surface area (Å²) in [5.74, 6) is 0.560. The lowest BCUT2D eigenvalue weighted by molar-refractivity contribution is 0.401. The molecule has 17 heavy (non-hydrogen) atoms. The Kier molecular flexibility index (Phi) is 2.72. The molecule has 1 saturated carbocycles. The molecule has 0 bridgehead atoms. The molecule has 0 amide bonds. The zero-order valence-corrected chi connectivity index (χ0v) is 10.0. The van der Waals surface area contributed by atoms with Crippen molar-refractivity contribution in [3.8, 4) is 17.6 Å². The Morgan fingerprint density at radius 3 is 2.59 bits per heavy atom. The SMILES string of the molecule is COc1cc(O)c(C2(C(C)N)CC2)cc1C#N. The highest BCUT2D eigenvalue weighted by Gasteiger charge is 2.49. The Morgan fingerprint density at radius 2 is 2.18 bits per heavy atom. The van der Waals surface area contributed by atoms with Gasteiger partial charge in [-0.1, -0.05) is 0 Å². The van der Waals surface area contributed by atoms with Gasteiger partial charge in [-0.3, -0.25) is 0 Å². The summed E-state index contributed by atoms with van der Waals surface area (Å²) in [5, 5.41) is 19.1. The Balaban J connectivity index is 2.54. The summed E-state index contributed by atoms with van der Waals surface area (Å²) >= 11 is 0. The van der Waals surface area contributed by atoms with E-state index in [1.54, 1.807) is 6.07 Å². The predicted octanol–water partition coefficient (Wildman–Crippen LogP) is 1.65. The largest absolute Gasteiger partial charge is 0.508 e. The molecule has 1 aliphatic carbocycles. The van der Waals surface area contributed by atoms with E-state index in [2.05, 4.69) is 6.07 Å². The molecule has 0 saturated heterocycles. The van der Waals surface area contributed by atoms with E-state index >= 15 is 0 Å². The number of aromatic hydroxyl groups is 1. The Morgan fingerprint density at radius 1 is 1.53 bits per heavy atom. The molecule has 1 unspecified atom stereocenters. The van der Waals surface area contributed by atoms with E-state index in [0.29, 0.717) is 11.3 Å². The summed E-state index contributed by atoms with van der Waals surface area (Å²) in [5.41, 5.74) is 7.01. The molecule has 4 nitrogen and oxygen atoms in total. The number of ether oxygens (including phenoxy) is 1. The molecule has 1 aromatic rings. The normalized spacial score (nSPS) is 18.2. The fourth-order valence-corrected chi connectivity index (χ4v) is 2.33. The molecule has 0 aliphatic heterocycles. The van der Waals surface area contributed by atoms with Gasteiger partial charge >= 0.3 is 0 Å². The fourth-order valence-electron chi connectivity index (χ4n) is 2.33. The molecule has 2 rings (SSSR count). The van der Waals surface area contributed by atoms with E-state index in [1.807, 2.05) is 6.92 Å². The zero-order valence-electron chi connectivity index (χ0n) is 10.0. The van der Waals surface area contributed by atoms with Crippen molar-refractivity contribution in [2.24, 2.45) is 5.73 Å². The van der Waals surface area contributed by atoms with Crippen molar-refractivity contribution in [2.45, 2.75) is 31.2 Å². The lowest BCUT2D eigenvalue weighted by Crippen LogP contribution is -2.31. The number of benzene rings is 1. The molecule has 1 aromatic carbocycles. The minimum Gasteiger partial charge on any atom is -0.508 e. The van der Waals surface area contributed by atoms with Crippen LogP contribution >= 0.6 is 0 Å². The van der Waals surface area contributed by atoms with Crippen LogP contribution < -0.4 is 10.5 Å². The first kappa shape index (κ1) is 11.7. The summed E-state index contributed by atoms with van der Waals surface area (Å²) in [6.45, 7) is 1.93. The maximum atomic E-state index is 10.0. The molecule has 4 heteroatoms. The van der Waals surface area contributed by atoms with Crippen LogP contribution in [0.4, 0.5) is 0 Å². The topological polar surface area (TPSA) is 79.3 Å². The standard InChI is InChI=1S/C13H16N2O2/c1-8(15)13(3-4-13)10-5-9(7-14)12(17-2)6-11(10)16/h5-6,8,16H,3-4,15H2,1-2H3. The second kappa shape index (κ2) is 3.94. The van der Waals surface area contributed by atoms with E-state index in [4.69, 9.17) is 15.7 Å². The van der Waals surface area contributed by atoms with Gasteiger partial charge in [-0.05, 0) is 25.8 Å². The number of nitriles is 1. The Labute approximate surface area is 101 Å². The first-order valence-electron chi connectivity index (χ1n) is 5.62. The van der Waals surface area contributed by atoms with Crippen LogP contribution in [-0.2, 0) is 5.41 Å². The van der Waals surface area contributed by atoms with Gasteiger partial charge in [-0.15, -0.1) is 0 Å². The van der Waals surface area contributed by atoms with E-state index in [-0.39, 0.29) is 17.2 Å². The van der Waals surface area contributed by atoms with Gasteiger partial charge in [0, 0.05) is 23.1 Å². The molecule has 0 spiro atoms. The average Bonchev–Trinajstić information content (AvgIpc) is 3.09. The quantitative estimate of drug-likeness (QED) is 0.830. The third kappa shape index (κ3) is 1.73. The van der Waals surface area contributed by atoms with Crippen molar-refractivity contribution < 1.29 is 9.84 Å². The first-order valence-corrected chi connectivity index (χ1v) is 5.62. The Bertz CT molecular complexity index is 485. The van der Waals surface area contributed by atoms with Crippen LogP contribution in [0.3, 0.4) is 0 Å². The maximum absolute atomic E-state index is 10.0. The van der Waals surface area contributed by atoms with Crippen molar-refractivity contribution in [1.82, 2.24) is 0 Å². The first-order chi connectivity index (χ1) is 8.05. The number of hydrogen-bond acceptors (Lipinski definition) is 4. The number of nitrogens with two attached hydrogens (primary N) is 1. The van der Waals surface area contributed by atoms with Gasteiger partial charge in [0.25, 0.3) is 0 Å². The molecule has 0 radical (unpaired) electrons. The molecule has 1 atom stereocenters. The predicted molar refractivity (Wildman–Crippen MR) is 63.9 cm³/mol. The minimum atomic E-state index is -0.165. The summed E-state index contributed by atoms with van der Waals surface area (Å²) in [6.07, 6.45) is 1.91. The van der Waals surface area contributed by atoms with E-state index < -0.39 is 0 Å². The van der Waals surface area contributed by atoms with Crippen LogP contribution in [-0.4, -0.2) is 18.3 Å². The van der Waals surface area contributed by atoms with Crippen molar-refractivity contribution >= 4 is 0 Å². The van der Waals surface area contributed by atoms with Gasteiger partial charge in [0.05, 0.1) is 12.7 Å². The molecule has 1 aliphatic rings. The number of methoxy groups -OCH3 is 1. The highest BCUT2D eigenvalue weighted by molar-refractivity contribution is 5.55. The van der Waals surface area contributed by atoms with Crippen LogP contribution in [0.1, 0.15) is 30.9 Å². The van der Waals surface area contributed by atoms with E-state index in [0.717, 1.165) is 18.4 Å². The van der Waals surface area contributed by atoms with Crippen molar-refractivity contribution in [3.05, 3.63) is 23.3 Å². The number of phenolic OH excluding ortho intramolecular Hbond substituents is 1. The van der Waals surface area contributed by atoms with Gasteiger partial charge in [-0.25, -0.2) is 0 Å². The average molecular weight is 232 g/mol. The van der Waals surface area contributed by atoms with Gasteiger partial charge in [0.15, 0.2) is 0 Å². The lowest BCUT2D eigenvalue weighted by Gasteiger charge is -2.22. The highest BCUT2D eigenvalue weighted by atomic mass is 16.5. The maximum Gasteiger partial charge on any atom is 0.140 e. The van der Waals surface area contributed by atoms with Gasteiger partial charge in [0.1, 0.15) is 17.6 Å². The van der Waals surface area contributed by atoms with Crippen LogP contribution in [0.25, 0.3) is 0 Å². The number of rotatable bonds is 3. The monoisotopic (exact) mass is 232 g/mol. The number of nitrogens with zero attached hydrogens (tertiary/aromatic N) is 1. The van der Waals surface area contributed by atoms with E-state index in [1.165, 1.54) is 13.2 Å². The second-order valence-electron chi connectivity index (χ2n) is 4.63. The van der Waals surface area contributed by atoms with Crippen LogP contribution in [0.2, 0.25) is 0 Å². The van der Waals surface area contributed by atoms with Crippen molar-refractivity contribution in [1.29, 1.82) is 5.26 Å². The smallest absolute Gasteiger partial charge is 0.140 e. The van der Waals surface area contributed by atoms with Crippen molar-refractivity contribution in [3.63, 3.8) is 0 Å². The van der Waals surface area contributed by atoms with Crippen LogP contribution in [0.5, 0.6) is 11.5 Å². The van der Waals surface area contributed by atoms with Crippen molar-refractivity contribution in [2.75, 3.05) is 7.11 Å². The van der Waals surface area contributed by atoms with Gasteiger partial charge in [-0.2, -0.15) is 5.26 Å². The zero-order chi connectivity index (χ0) is 12.6. The second-order valence-corrected chi connectivity index (χ2v) is 4.63. The highest BCUT2D eigenvalue weighted by Crippen LogP contribution is 2.53. The third-order valence-corrected chi connectivity index (χ3v) is 3.63. The molecular weight excluding hydrogens is 216 g/mol. The molecule has 1 fully saturated rings. The molecule has 3 N–H and O–H groups in total. The summed E-state index contributed by atoms with van der Waals surface area (Å²) in [6, 6.07) is 5.24. The summed E-state index contributed by atoms with van der Waals surface area (Å²) < 4.78 is 5.05. The number of hydrogen-bond donors (Lipinski definition) is 2.